The van der Waals surface area contributed by atoms with E-state index in [9.17, 15) is 0 Å². The van der Waals surface area contributed by atoms with E-state index < -0.39 is 0 Å². The third kappa shape index (κ3) is 4.27. The van der Waals surface area contributed by atoms with E-state index in [4.69, 9.17) is 11.6 Å². The number of benzene rings is 1. The molecule has 0 aliphatic carbocycles. The average Bonchev–Trinajstić information content (AvgIpc) is 3.13. The first-order valence-electron chi connectivity index (χ1n) is 9.74. The first kappa shape index (κ1) is 18.7. The van der Waals surface area contributed by atoms with Crippen molar-refractivity contribution >= 4 is 17.4 Å². The van der Waals surface area contributed by atoms with E-state index >= 15 is 0 Å². The van der Waals surface area contributed by atoms with Crippen LogP contribution in [0.3, 0.4) is 0 Å². The fraction of sp³-hybridized carbons (Fsp3) is 0.476. The van der Waals surface area contributed by atoms with E-state index in [1.165, 1.54) is 16.7 Å². The maximum Gasteiger partial charge on any atom is 0.128 e. The molecule has 2 aromatic rings. The second-order valence-corrected chi connectivity index (χ2v) is 8.17. The molecule has 2 unspecified atom stereocenters. The molecule has 5 nitrogen and oxygen atoms in total. The van der Waals surface area contributed by atoms with Crippen LogP contribution in [0.2, 0.25) is 5.02 Å². The Bertz CT molecular complexity index is 771. The number of piperazine rings is 1. The van der Waals surface area contributed by atoms with Gasteiger partial charge >= 0.3 is 0 Å². The van der Waals surface area contributed by atoms with Crippen molar-refractivity contribution < 1.29 is 0 Å². The van der Waals surface area contributed by atoms with Gasteiger partial charge in [0.25, 0.3) is 0 Å². The third-order valence-corrected chi connectivity index (χ3v) is 6.11. The predicted molar refractivity (Wildman–Crippen MR) is 111 cm³/mol. The predicted octanol–water partition coefficient (Wildman–Crippen LogP) is 2.94. The van der Waals surface area contributed by atoms with E-state index in [1.54, 1.807) is 6.20 Å². The van der Waals surface area contributed by atoms with E-state index in [1.807, 2.05) is 12.1 Å². The van der Waals surface area contributed by atoms with E-state index in [-0.39, 0.29) is 0 Å². The van der Waals surface area contributed by atoms with Crippen LogP contribution in [0.25, 0.3) is 0 Å². The smallest absolute Gasteiger partial charge is 0.128 e. The highest BCUT2D eigenvalue weighted by atomic mass is 35.5. The van der Waals surface area contributed by atoms with Crippen LogP contribution in [-0.4, -0.2) is 49.2 Å². The van der Waals surface area contributed by atoms with Crippen LogP contribution in [0, 0.1) is 19.8 Å². The lowest BCUT2D eigenvalue weighted by Crippen LogP contribution is -2.48. The molecule has 0 radical (unpaired) electrons. The summed E-state index contributed by atoms with van der Waals surface area (Å²) in [7, 11) is 0. The SMILES string of the molecule is Cc1ccc(C2NNCC2CN2CCN(c3ccc(Cl)cn3)CC2)cc1C. The van der Waals surface area contributed by atoms with Crippen molar-refractivity contribution in [3.8, 4) is 0 Å². The molecule has 0 amide bonds. The Labute approximate surface area is 166 Å². The van der Waals surface area contributed by atoms with Gasteiger partial charge in [-0.1, -0.05) is 29.8 Å². The number of hydrazine groups is 1. The van der Waals surface area contributed by atoms with Crippen LogP contribution >= 0.6 is 11.6 Å². The molecule has 4 rings (SSSR count). The van der Waals surface area contributed by atoms with Gasteiger partial charge in [0.05, 0.1) is 11.1 Å². The Morgan fingerprint density at radius 3 is 2.59 bits per heavy atom. The van der Waals surface area contributed by atoms with Crippen LogP contribution in [0.15, 0.2) is 36.5 Å². The second-order valence-electron chi connectivity index (χ2n) is 7.73. The number of aryl methyl sites for hydroxylation is 2. The molecule has 2 N–H and O–H groups in total. The number of aromatic nitrogens is 1. The molecule has 2 saturated heterocycles. The van der Waals surface area contributed by atoms with E-state index in [0.29, 0.717) is 17.0 Å². The number of hydrogen-bond acceptors (Lipinski definition) is 5. The van der Waals surface area contributed by atoms with Crippen LogP contribution in [0.1, 0.15) is 22.7 Å². The highest BCUT2D eigenvalue weighted by molar-refractivity contribution is 6.30. The minimum atomic E-state index is 0.375. The van der Waals surface area contributed by atoms with Gasteiger partial charge in [-0.15, -0.1) is 0 Å². The fourth-order valence-corrected chi connectivity index (χ4v) is 4.18. The number of anilines is 1. The van der Waals surface area contributed by atoms with Crippen LogP contribution < -0.4 is 15.8 Å². The Morgan fingerprint density at radius 2 is 1.89 bits per heavy atom. The first-order valence-corrected chi connectivity index (χ1v) is 10.1. The summed E-state index contributed by atoms with van der Waals surface area (Å²) in [6, 6.07) is 11.1. The van der Waals surface area contributed by atoms with Gasteiger partial charge < -0.3 is 4.90 Å². The molecule has 6 heteroatoms. The van der Waals surface area contributed by atoms with Crippen molar-refractivity contribution in [2.75, 3.05) is 44.2 Å². The second kappa shape index (κ2) is 8.15. The summed E-state index contributed by atoms with van der Waals surface area (Å²) in [4.78, 5) is 9.38. The number of hydrogen-bond donors (Lipinski definition) is 2. The Balaban J connectivity index is 1.35. The minimum absolute atomic E-state index is 0.375. The van der Waals surface area contributed by atoms with Gasteiger partial charge in [0.15, 0.2) is 0 Å². The summed E-state index contributed by atoms with van der Waals surface area (Å²) < 4.78 is 0. The summed E-state index contributed by atoms with van der Waals surface area (Å²) in [5.41, 5.74) is 11.0. The van der Waals surface area contributed by atoms with Crippen molar-refractivity contribution in [2.45, 2.75) is 19.9 Å². The number of rotatable bonds is 4. The van der Waals surface area contributed by atoms with E-state index in [0.717, 1.165) is 45.1 Å². The van der Waals surface area contributed by atoms with Crippen molar-refractivity contribution in [3.05, 3.63) is 58.2 Å². The van der Waals surface area contributed by atoms with Crippen molar-refractivity contribution in [2.24, 2.45) is 5.92 Å². The standard InChI is InChI=1S/C21H28ClN5/c1-15-3-4-17(11-16(15)2)21-18(12-24-25-21)14-26-7-9-27(10-8-26)20-6-5-19(22)13-23-20/h3-6,11,13,18,21,24-25H,7-10,12,14H2,1-2H3. The van der Waals surface area contributed by atoms with Crippen LogP contribution in [-0.2, 0) is 0 Å². The van der Waals surface area contributed by atoms with Gasteiger partial charge in [0.1, 0.15) is 5.82 Å². The zero-order valence-electron chi connectivity index (χ0n) is 16.1. The van der Waals surface area contributed by atoms with Gasteiger partial charge in [-0.3, -0.25) is 10.3 Å². The largest absolute Gasteiger partial charge is 0.354 e. The number of nitrogens with one attached hydrogen (secondary N) is 2. The fourth-order valence-electron chi connectivity index (χ4n) is 4.07. The highest BCUT2D eigenvalue weighted by Gasteiger charge is 2.31. The topological polar surface area (TPSA) is 43.4 Å². The van der Waals surface area contributed by atoms with Gasteiger partial charge in [0.2, 0.25) is 0 Å². The first-order chi connectivity index (χ1) is 13.1. The lowest BCUT2D eigenvalue weighted by Gasteiger charge is -2.37. The summed E-state index contributed by atoms with van der Waals surface area (Å²) in [5, 5.41) is 0.691. The summed E-state index contributed by atoms with van der Waals surface area (Å²) >= 11 is 5.95. The number of halogens is 1. The highest BCUT2D eigenvalue weighted by Crippen LogP contribution is 2.27. The zero-order chi connectivity index (χ0) is 18.8. The lowest BCUT2D eigenvalue weighted by molar-refractivity contribution is 0.214. The molecule has 2 fully saturated rings. The van der Waals surface area contributed by atoms with Crippen LogP contribution in [0.4, 0.5) is 5.82 Å². The molecular weight excluding hydrogens is 358 g/mol. The number of nitrogens with zero attached hydrogens (tertiary/aromatic N) is 3. The molecule has 3 heterocycles. The van der Waals surface area contributed by atoms with E-state index in [2.05, 4.69) is 57.7 Å². The molecule has 2 atom stereocenters. The molecule has 1 aromatic heterocycles. The molecular formula is C21H28ClN5. The monoisotopic (exact) mass is 385 g/mol. The van der Waals surface area contributed by atoms with Crippen molar-refractivity contribution in [1.29, 1.82) is 0 Å². The molecule has 0 spiro atoms. The molecule has 1 aromatic carbocycles. The minimum Gasteiger partial charge on any atom is -0.354 e. The molecule has 0 saturated carbocycles. The van der Waals surface area contributed by atoms with Crippen molar-refractivity contribution in [3.63, 3.8) is 0 Å². The molecule has 2 aliphatic heterocycles. The Morgan fingerprint density at radius 1 is 1.07 bits per heavy atom. The zero-order valence-corrected chi connectivity index (χ0v) is 16.8. The number of pyridine rings is 1. The normalized spacial score (nSPS) is 23.7. The summed E-state index contributed by atoms with van der Waals surface area (Å²) in [6.45, 7) is 10.6. The van der Waals surface area contributed by atoms with Gasteiger partial charge in [-0.25, -0.2) is 10.4 Å². The molecule has 27 heavy (non-hydrogen) atoms. The quantitative estimate of drug-likeness (QED) is 0.847. The molecule has 2 aliphatic rings. The van der Waals surface area contributed by atoms with Crippen molar-refractivity contribution in [1.82, 2.24) is 20.7 Å². The lowest BCUT2D eigenvalue weighted by atomic mass is 9.92. The van der Waals surface area contributed by atoms with Gasteiger partial charge in [-0.05, 0) is 42.7 Å². The maximum absolute atomic E-state index is 5.95. The summed E-state index contributed by atoms with van der Waals surface area (Å²) in [6.07, 6.45) is 1.73. The third-order valence-electron chi connectivity index (χ3n) is 5.88. The van der Waals surface area contributed by atoms with Gasteiger partial charge in [0, 0.05) is 51.4 Å². The summed E-state index contributed by atoms with van der Waals surface area (Å²) in [5.74, 6) is 1.60. The molecule has 0 bridgehead atoms. The Hall–Kier alpha value is -1.66. The van der Waals surface area contributed by atoms with Crippen LogP contribution in [0.5, 0.6) is 0 Å². The average molecular weight is 386 g/mol. The molecule has 144 valence electrons. The Kier molecular flexibility index (Phi) is 5.64. The maximum atomic E-state index is 5.95. The van der Waals surface area contributed by atoms with Gasteiger partial charge in [-0.2, -0.15) is 0 Å².